The predicted octanol–water partition coefficient (Wildman–Crippen LogP) is 4.12. The van der Waals surface area contributed by atoms with Gasteiger partial charge in [0.15, 0.2) is 0 Å². The van der Waals surface area contributed by atoms with Crippen LogP contribution in [0.15, 0.2) is 41.3 Å². The zero-order valence-corrected chi connectivity index (χ0v) is 17.2. The first-order valence-corrected chi connectivity index (χ1v) is 9.14. The second-order valence-corrected chi connectivity index (χ2v) is 6.96. The van der Waals surface area contributed by atoms with E-state index in [1.54, 1.807) is 17.9 Å². The van der Waals surface area contributed by atoms with Gasteiger partial charge in [0.05, 0.1) is 27.0 Å². The smallest absolute Gasteiger partial charge is 0.316 e. The van der Waals surface area contributed by atoms with Crippen molar-refractivity contribution in [3.8, 4) is 11.5 Å². The van der Waals surface area contributed by atoms with Gasteiger partial charge < -0.3 is 19.4 Å². The number of hydrogen-bond donors (Lipinski definition) is 1. The minimum Gasteiger partial charge on any atom is -0.496 e. The highest BCUT2D eigenvalue weighted by molar-refractivity contribution is 5.62. The lowest BCUT2D eigenvalue weighted by molar-refractivity contribution is 0.402. The van der Waals surface area contributed by atoms with Gasteiger partial charge in [0, 0.05) is 5.69 Å². The molecular weight excluding hydrogens is 373 g/mol. The van der Waals surface area contributed by atoms with Crippen molar-refractivity contribution in [3.05, 3.63) is 75.0 Å². The van der Waals surface area contributed by atoms with Gasteiger partial charge in [0.25, 0.3) is 0 Å². The molecule has 29 heavy (non-hydrogen) atoms. The molecule has 0 atom stereocenters. The van der Waals surface area contributed by atoms with E-state index in [2.05, 4.69) is 10.3 Å². The first kappa shape index (κ1) is 20.4. The number of ether oxygens (including phenoxy) is 2. The Kier molecular flexibility index (Phi) is 5.87. The molecule has 1 aromatic heterocycles. The molecule has 0 bridgehead atoms. The molecular formula is C22H24FN3O3. The highest BCUT2D eigenvalue weighted by Crippen LogP contribution is 2.28. The summed E-state index contributed by atoms with van der Waals surface area (Å²) >= 11 is 0. The number of aromatic nitrogens is 2. The Bertz CT molecular complexity index is 1090. The minimum atomic E-state index is -0.482. The van der Waals surface area contributed by atoms with Crippen LogP contribution in [-0.2, 0) is 6.54 Å². The molecule has 7 heteroatoms. The molecule has 2 aromatic carbocycles. The summed E-state index contributed by atoms with van der Waals surface area (Å²) < 4.78 is 26.0. The van der Waals surface area contributed by atoms with E-state index in [1.165, 1.54) is 19.2 Å². The Hall–Kier alpha value is -3.35. The molecule has 0 radical (unpaired) electrons. The van der Waals surface area contributed by atoms with Crippen LogP contribution in [0.25, 0.3) is 0 Å². The van der Waals surface area contributed by atoms with Crippen molar-refractivity contribution < 1.29 is 13.9 Å². The second-order valence-electron chi connectivity index (χ2n) is 6.96. The Morgan fingerprint density at radius 3 is 2.38 bits per heavy atom. The average Bonchev–Trinajstić information content (AvgIpc) is 2.65. The highest BCUT2D eigenvalue weighted by atomic mass is 19.1. The largest absolute Gasteiger partial charge is 0.496 e. The third-order valence-corrected chi connectivity index (χ3v) is 4.63. The number of methoxy groups -OCH3 is 2. The van der Waals surface area contributed by atoms with Crippen LogP contribution in [0, 0.1) is 26.6 Å². The molecule has 0 fully saturated rings. The number of nitrogens with one attached hydrogen (secondary N) is 1. The van der Waals surface area contributed by atoms with Gasteiger partial charge in [0.1, 0.15) is 11.6 Å². The molecule has 0 amide bonds. The van der Waals surface area contributed by atoms with Crippen LogP contribution < -0.4 is 20.3 Å². The number of rotatable bonds is 6. The monoisotopic (exact) mass is 397 g/mol. The predicted molar refractivity (Wildman–Crippen MR) is 111 cm³/mol. The molecule has 3 rings (SSSR count). The van der Waals surface area contributed by atoms with Crippen molar-refractivity contribution in [1.82, 2.24) is 9.55 Å². The maximum Gasteiger partial charge on any atom is 0.316 e. The van der Waals surface area contributed by atoms with Crippen LogP contribution in [0.3, 0.4) is 0 Å². The molecule has 152 valence electrons. The van der Waals surface area contributed by atoms with Crippen molar-refractivity contribution in [3.63, 3.8) is 0 Å². The molecule has 6 nitrogen and oxygen atoms in total. The summed E-state index contributed by atoms with van der Waals surface area (Å²) in [5.41, 5.74) is 3.77. The third-order valence-electron chi connectivity index (χ3n) is 4.63. The Morgan fingerprint density at radius 2 is 1.72 bits per heavy atom. The van der Waals surface area contributed by atoms with Crippen molar-refractivity contribution in [1.29, 1.82) is 0 Å². The van der Waals surface area contributed by atoms with E-state index in [1.807, 2.05) is 39.0 Å². The first-order chi connectivity index (χ1) is 13.8. The summed E-state index contributed by atoms with van der Waals surface area (Å²) in [6.07, 6.45) is 1.57. The van der Waals surface area contributed by atoms with Crippen LogP contribution in [0.1, 0.15) is 22.3 Å². The third kappa shape index (κ3) is 4.56. The van der Waals surface area contributed by atoms with E-state index in [-0.39, 0.29) is 11.6 Å². The van der Waals surface area contributed by atoms with Gasteiger partial charge in [0.2, 0.25) is 11.7 Å². The molecule has 3 aromatic rings. The van der Waals surface area contributed by atoms with Gasteiger partial charge >= 0.3 is 5.56 Å². The number of hydrogen-bond acceptors (Lipinski definition) is 5. The maximum absolute atomic E-state index is 13.8. The Morgan fingerprint density at radius 1 is 1.00 bits per heavy atom. The van der Waals surface area contributed by atoms with Crippen molar-refractivity contribution in [2.24, 2.45) is 0 Å². The quantitative estimate of drug-likeness (QED) is 0.678. The fourth-order valence-corrected chi connectivity index (χ4v) is 3.20. The van der Waals surface area contributed by atoms with Crippen LogP contribution in [0.2, 0.25) is 0 Å². The first-order valence-electron chi connectivity index (χ1n) is 9.14. The summed E-state index contributed by atoms with van der Waals surface area (Å²) in [6.45, 7) is 6.03. The lowest BCUT2D eigenvalue weighted by Gasteiger charge is -2.18. The number of benzene rings is 2. The molecule has 0 aliphatic rings. The number of anilines is 2. The topological polar surface area (TPSA) is 65.4 Å². The molecule has 0 aliphatic heterocycles. The van der Waals surface area contributed by atoms with Gasteiger partial charge in [-0.3, -0.25) is 4.79 Å². The normalized spacial score (nSPS) is 10.7. The Balaban J connectivity index is 2.05. The van der Waals surface area contributed by atoms with E-state index in [0.29, 0.717) is 12.5 Å². The van der Waals surface area contributed by atoms with Crippen LogP contribution in [0.5, 0.6) is 11.5 Å². The standard InChI is InChI=1S/C22H24FN3O3/c1-13-6-16(10-17(23)7-13)11-26-12-20(29-5)21(27)25-22(26)24-18-8-15(3)19(28-4)9-14(18)2/h6-10,12H,11H2,1-5H3,(H,24,25,27). The molecule has 1 N–H and O–H groups in total. The summed E-state index contributed by atoms with van der Waals surface area (Å²) in [6, 6.07) is 8.67. The van der Waals surface area contributed by atoms with Gasteiger partial charge in [-0.2, -0.15) is 4.98 Å². The number of aryl methyl sites for hydroxylation is 3. The maximum atomic E-state index is 13.8. The highest BCUT2D eigenvalue weighted by Gasteiger charge is 2.13. The summed E-state index contributed by atoms with van der Waals surface area (Å²) in [7, 11) is 3.04. The van der Waals surface area contributed by atoms with Crippen molar-refractivity contribution in [2.45, 2.75) is 27.3 Å². The van der Waals surface area contributed by atoms with Gasteiger partial charge in [-0.05, 0) is 67.3 Å². The van der Waals surface area contributed by atoms with E-state index < -0.39 is 5.56 Å². The number of nitrogens with zero attached hydrogens (tertiary/aromatic N) is 2. The Labute approximate surface area is 168 Å². The van der Waals surface area contributed by atoms with Crippen molar-refractivity contribution >= 4 is 11.6 Å². The zero-order valence-electron chi connectivity index (χ0n) is 17.2. The van der Waals surface area contributed by atoms with Crippen LogP contribution >= 0.6 is 0 Å². The summed E-state index contributed by atoms with van der Waals surface area (Å²) in [5, 5.41) is 3.22. The molecule has 0 saturated heterocycles. The van der Waals surface area contributed by atoms with Gasteiger partial charge in [-0.15, -0.1) is 0 Å². The van der Waals surface area contributed by atoms with E-state index in [0.717, 1.165) is 33.7 Å². The molecule has 0 saturated carbocycles. The molecule has 0 spiro atoms. The zero-order chi connectivity index (χ0) is 21.1. The second kappa shape index (κ2) is 8.34. The molecule has 1 heterocycles. The number of halogens is 1. The van der Waals surface area contributed by atoms with Crippen LogP contribution in [0.4, 0.5) is 16.0 Å². The summed E-state index contributed by atoms with van der Waals surface area (Å²) in [4.78, 5) is 16.4. The van der Waals surface area contributed by atoms with E-state index in [9.17, 15) is 9.18 Å². The fraction of sp³-hybridized carbons (Fsp3) is 0.273. The average molecular weight is 397 g/mol. The van der Waals surface area contributed by atoms with Crippen LogP contribution in [-0.4, -0.2) is 23.8 Å². The summed E-state index contributed by atoms with van der Waals surface area (Å²) in [5.74, 6) is 0.928. The van der Waals surface area contributed by atoms with Gasteiger partial charge in [-0.25, -0.2) is 4.39 Å². The van der Waals surface area contributed by atoms with Gasteiger partial charge in [-0.1, -0.05) is 6.07 Å². The van der Waals surface area contributed by atoms with E-state index >= 15 is 0 Å². The van der Waals surface area contributed by atoms with E-state index in [4.69, 9.17) is 9.47 Å². The lowest BCUT2D eigenvalue weighted by atomic mass is 10.1. The molecule has 0 unspecified atom stereocenters. The SMILES string of the molecule is COc1cc(C)c(Nc2nc(=O)c(OC)cn2Cc2cc(C)cc(F)c2)cc1C. The fourth-order valence-electron chi connectivity index (χ4n) is 3.20. The lowest BCUT2D eigenvalue weighted by Crippen LogP contribution is -2.19. The molecule has 0 aliphatic carbocycles. The van der Waals surface area contributed by atoms with Crippen molar-refractivity contribution in [2.75, 3.05) is 19.5 Å². The minimum absolute atomic E-state index is 0.117.